The van der Waals surface area contributed by atoms with Crippen molar-refractivity contribution in [3.63, 3.8) is 0 Å². The number of rotatable bonds is 4. The van der Waals surface area contributed by atoms with Crippen molar-refractivity contribution in [1.29, 1.82) is 0 Å². The third-order valence-corrected chi connectivity index (χ3v) is 3.84. The van der Waals surface area contributed by atoms with Gasteiger partial charge >= 0.3 is 6.18 Å². The SMILES string of the molecule is FC(F)(F)c1ccccc1Nc1ccnc(NC2CCCC2)n1. The number of halogens is 3. The number of aromatic nitrogens is 2. The van der Waals surface area contributed by atoms with Gasteiger partial charge in [0.15, 0.2) is 0 Å². The fourth-order valence-electron chi connectivity index (χ4n) is 2.73. The first-order valence-corrected chi connectivity index (χ1v) is 7.55. The molecule has 0 saturated heterocycles. The summed E-state index contributed by atoms with van der Waals surface area (Å²) in [5.74, 6) is 0.767. The summed E-state index contributed by atoms with van der Waals surface area (Å²) in [5.41, 5.74) is -0.741. The molecule has 7 heteroatoms. The molecule has 1 aromatic heterocycles. The molecule has 1 fully saturated rings. The summed E-state index contributed by atoms with van der Waals surface area (Å²) >= 11 is 0. The third kappa shape index (κ3) is 3.91. The van der Waals surface area contributed by atoms with Crippen molar-refractivity contribution in [3.05, 3.63) is 42.1 Å². The van der Waals surface area contributed by atoms with Crippen molar-refractivity contribution in [1.82, 2.24) is 9.97 Å². The molecule has 122 valence electrons. The van der Waals surface area contributed by atoms with Crippen molar-refractivity contribution in [2.45, 2.75) is 37.9 Å². The summed E-state index contributed by atoms with van der Waals surface area (Å²) in [7, 11) is 0. The van der Waals surface area contributed by atoms with Gasteiger partial charge in [-0.15, -0.1) is 0 Å². The number of nitrogens with one attached hydrogen (secondary N) is 2. The van der Waals surface area contributed by atoms with Gasteiger partial charge < -0.3 is 10.6 Å². The summed E-state index contributed by atoms with van der Waals surface area (Å²) in [6.07, 6.45) is 1.60. The zero-order chi connectivity index (χ0) is 16.3. The molecule has 1 saturated carbocycles. The molecule has 2 N–H and O–H groups in total. The van der Waals surface area contributed by atoms with E-state index >= 15 is 0 Å². The molecule has 2 aromatic rings. The molecule has 0 radical (unpaired) electrons. The maximum atomic E-state index is 13.0. The lowest BCUT2D eigenvalue weighted by atomic mass is 10.1. The van der Waals surface area contributed by atoms with Crippen LogP contribution in [0.15, 0.2) is 36.5 Å². The topological polar surface area (TPSA) is 49.8 Å². The molecule has 0 atom stereocenters. The third-order valence-electron chi connectivity index (χ3n) is 3.84. The van der Waals surface area contributed by atoms with Gasteiger partial charge in [0.2, 0.25) is 5.95 Å². The summed E-state index contributed by atoms with van der Waals surface area (Å²) in [6, 6.07) is 7.23. The highest BCUT2D eigenvalue weighted by atomic mass is 19.4. The largest absolute Gasteiger partial charge is 0.418 e. The van der Waals surface area contributed by atoms with Crippen LogP contribution in [0.1, 0.15) is 31.2 Å². The van der Waals surface area contributed by atoms with Crippen LogP contribution in [0.2, 0.25) is 0 Å². The Morgan fingerprint density at radius 2 is 1.78 bits per heavy atom. The van der Waals surface area contributed by atoms with Gasteiger partial charge in [-0.2, -0.15) is 18.2 Å². The molecule has 1 heterocycles. The van der Waals surface area contributed by atoms with Crippen LogP contribution in [-0.2, 0) is 6.18 Å². The summed E-state index contributed by atoms with van der Waals surface area (Å²) in [6.45, 7) is 0. The van der Waals surface area contributed by atoms with E-state index in [0.29, 0.717) is 17.8 Å². The number of hydrogen-bond acceptors (Lipinski definition) is 4. The average Bonchev–Trinajstić information content (AvgIpc) is 3.00. The second-order valence-corrected chi connectivity index (χ2v) is 5.56. The summed E-state index contributed by atoms with van der Waals surface area (Å²) in [5, 5.41) is 5.96. The van der Waals surface area contributed by atoms with Gasteiger partial charge in [0, 0.05) is 12.2 Å². The van der Waals surface area contributed by atoms with Gasteiger partial charge in [-0.3, -0.25) is 0 Å². The molecule has 0 bridgehead atoms. The van der Waals surface area contributed by atoms with Crippen LogP contribution in [0.25, 0.3) is 0 Å². The predicted molar refractivity (Wildman–Crippen MR) is 82.6 cm³/mol. The second kappa shape index (κ2) is 6.44. The van der Waals surface area contributed by atoms with E-state index in [-0.39, 0.29) is 5.69 Å². The Kier molecular flexibility index (Phi) is 4.36. The van der Waals surface area contributed by atoms with E-state index in [1.807, 2.05) is 0 Å². The Labute approximate surface area is 132 Å². The number of nitrogens with zero attached hydrogens (tertiary/aromatic N) is 2. The van der Waals surface area contributed by atoms with Crippen LogP contribution in [-0.4, -0.2) is 16.0 Å². The Hall–Kier alpha value is -2.31. The van der Waals surface area contributed by atoms with Crippen molar-refractivity contribution in [3.8, 4) is 0 Å². The number of benzene rings is 1. The first-order valence-electron chi connectivity index (χ1n) is 7.55. The first-order chi connectivity index (χ1) is 11.0. The lowest BCUT2D eigenvalue weighted by Crippen LogP contribution is -2.17. The second-order valence-electron chi connectivity index (χ2n) is 5.56. The first kappa shape index (κ1) is 15.6. The molecule has 1 aromatic carbocycles. The molecule has 0 spiro atoms. The number of anilines is 3. The fourth-order valence-corrected chi connectivity index (χ4v) is 2.73. The van der Waals surface area contributed by atoms with Crippen LogP contribution >= 0.6 is 0 Å². The minimum atomic E-state index is -4.42. The zero-order valence-electron chi connectivity index (χ0n) is 12.4. The maximum absolute atomic E-state index is 13.0. The highest BCUT2D eigenvalue weighted by molar-refractivity contribution is 5.61. The quantitative estimate of drug-likeness (QED) is 0.864. The van der Waals surface area contributed by atoms with Crippen LogP contribution in [0, 0.1) is 0 Å². The monoisotopic (exact) mass is 322 g/mol. The molecule has 4 nitrogen and oxygen atoms in total. The van der Waals surface area contributed by atoms with Crippen molar-refractivity contribution < 1.29 is 13.2 Å². The fraction of sp³-hybridized carbons (Fsp3) is 0.375. The minimum absolute atomic E-state index is 0.0227. The van der Waals surface area contributed by atoms with Crippen LogP contribution in [0.3, 0.4) is 0 Å². The summed E-state index contributed by atoms with van der Waals surface area (Å²) < 4.78 is 39.0. The van der Waals surface area contributed by atoms with Gasteiger partial charge in [0.1, 0.15) is 5.82 Å². The molecule has 0 amide bonds. The van der Waals surface area contributed by atoms with Crippen LogP contribution < -0.4 is 10.6 Å². The highest BCUT2D eigenvalue weighted by Gasteiger charge is 2.33. The molecule has 23 heavy (non-hydrogen) atoms. The van der Waals surface area contributed by atoms with Gasteiger partial charge in [-0.05, 0) is 31.0 Å². The van der Waals surface area contributed by atoms with Gasteiger partial charge in [-0.1, -0.05) is 25.0 Å². The highest BCUT2D eigenvalue weighted by Crippen LogP contribution is 2.35. The van der Waals surface area contributed by atoms with E-state index in [1.54, 1.807) is 12.1 Å². The Morgan fingerprint density at radius 1 is 1.04 bits per heavy atom. The Balaban J connectivity index is 1.78. The van der Waals surface area contributed by atoms with Crippen molar-refractivity contribution in [2.75, 3.05) is 10.6 Å². The molecular formula is C16H17F3N4. The normalized spacial score (nSPS) is 15.6. The minimum Gasteiger partial charge on any atom is -0.351 e. The standard InChI is InChI=1S/C16H17F3N4/c17-16(18,19)12-7-3-4-8-13(12)22-14-9-10-20-15(23-14)21-11-5-1-2-6-11/h3-4,7-11H,1-2,5-6H2,(H2,20,21,22,23). The molecule has 0 aliphatic heterocycles. The van der Waals surface area contributed by atoms with Crippen molar-refractivity contribution >= 4 is 17.5 Å². The van der Waals surface area contributed by atoms with E-state index in [9.17, 15) is 13.2 Å². The molecule has 1 aliphatic rings. The molecule has 3 rings (SSSR count). The van der Waals surface area contributed by atoms with E-state index in [2.05, 4.69) is 20.6 Å². The van der Waals surface area contributed by atoms with Gasteiger partial charge in [-0.25, -0.2) is 4.98 Å². The Morgan fingerprint density at radius 3 is 2.52 bits per heavy atom. The molecule has 0 unspecified atom stereocenters. The summed E-state index contributed by atoms with van der Waals surface area (Å²) in [4.78, 5) is 8.39. The average molecular weight is 322 g/mol. The van der Waals surface area contributed by atoms with Gasteiger partial charge in [0.05, 0.1) is 11.3 Å². The van der Waals surface area contributed by atoms with E-state index in [0.717, 1.165) is 18.9 Å². The van der Waals surface area contributed by atoms with E-state index in [1.165, 1.54) is 31.2 Å². The molecular weight excluding hydrogens is 305 g/mol. The van der Waals surface area contributed by atoms with Crippen LogP contribution in [0.5, 0.6) is 0 Å². The number of hydrogen-bond donors (Lipinski definition) is 2. The van der Waals surface area contributed by atoms with Gasteiger partial charge in [0.25, 0.3) is 0 Å². The predicted octanol–water partition coefficient (Wildman–Crippen LogP) is 4.59. The Bertz CT molecular complexity index is 666. The zero-order valence-corrected chi connectivity index (χ0v) is 12.4. The van der Waals surface area contributed by atoms with Crippen LogP contribution in [0.4, 0.5) is 30.6 Å². The molecule has 1 aliphatic carbocycles. The van der Waals surface area contributed by atoms with E-state index in [4.69, 9.17) is 0 Å². The smallest absolute Gasteiger partial charge is 0.351 e. The lowest BCUT2D eigenvalue weighted by molar-refractivity contribution is -0.136. The van der Waals surface area contributed by atoms with E-state index < -0.39 is 11.7 Å². The van der Waals surface area contributed by atoms with Crippen molar-refractivity contribution in [2.24, 2.45) is 0 Å². The number of alkyl halides is 3. The maximum Gasteiger partial charge on any atom is 0.418 e. The number of para-hydroxylation sites is 1. The lowest BCUT2D eigenvalue weighted by Gasteiger charge is -2.15.